The van der Waals surface area contributed by atoms with Gasteiger partial charge in [0, 0.05) is 11.1 Å². The Hall–Kier alpha value is -1.88. The molecule has 0 atom stereocenters. The normalized spacial score (nSPS) is 11.2. The zero-order chi connectivity index (χ0) is 12.0. The molecule has 3 rings (SSSR count). The number of hydrogen-bond acceptors (Lipinski definition) is 4. The fourth-order valence-corrected chi connectivity index (χ4v) is 2.87. The molecule has 0 radical (unpaired) electrons. The summed E-state index contributed by atoms with van der Waals surface area (Å²) in [5.41, 5.74) is 9.09. The number of aromatic nitrogens is 3. The molecule has 0 aromatic carbocycles. The van der Waals surface area contributed by atoms with E-state index in [0.717, 1.165) is 22.0 Å². The standard InChI is InChI=1S/C12H12N4S/c1-7-8(2)17-11(13)10(7)12-15-14-9-5-3-4-6-16(9)12/h3-6H,13H2,1-2H3. The summed E-state index contributed by atoms with van der Waals surface area (Å²) in [4.78, 5) is 1.23. The number of fused-ring (bicyclic) bond motifs is 1. The summed E-state index contributed by atoms with van der Waals surface area (Å²) in [6, 6.07) is 5.84. The highest BCUT2D eigenvalue weighted by Gasteiger charge is 2.17. The lowest BCUT2D eigenvalue weighted by Gasteiger charge is -2.00. The average molecular weight is 244 g/mol. The summed E-state index contributed by atoms with van der Waals surface area (Å²) in [6.07, 6.45) is 1.95. The predicted molar refractivity (Wildman–Crippen MR) is 70.2 cm³/mol. The van der Waals surface area contributed by atoms with Crippen molar-refractivity contribution in [3.8, 4) is 11.4 Å². The maximum Gasteiger partial charge on any atom is 0.171 e. The molecule has 3 aromatic rings. The van der Waals surface area contributed by atoms with Crippen LogP contribution in [-0.2, 0) is 0 Å². The van der Waals surface area contributed by atoms with E-state index in [1.807, 2.05) is 28.8 Å². The van der Waals surface area contributed by atoms with Gasteiger partial charge in [-0.3, -0.25) is 4.40 Å². The number of nitrogens with two attached hydrogens (primary N) is 1. The molecular weight excluding hydrogens is 232 g/mol. The number of thiophene rings is 1. The predicted octanol–water partition coefficient (Wildman–Crippen LogP) is 2.66. The third-order valence-corrected chi connectivity index (χ3v) is 3.99. The molecule has 0 fully saturated rings. The van der Waals surface area contributed by atoms with Gasteiger partial charge in [-0.15, -0.1) is 21.5 Å². The molecule has 17 heavy (non-hydrogen) atoms. The largest absolute Gasteiger partial charge is 0.390 e. The molecule has 3 aromatic heterocycles. The van der Waals surface area contributed by atoms with Crippen LogP contribution in [0.5, 0.6) is 0 Å². The van der Waals surface area contributed by atoms with Gasteiger partial charge in [0.15, 0.2) is 11.5 Å². The number of nitrogens with zero attached hydrogens (tertiary/aromatic N) is 3. The Bertz CT molecular complexity index is 696. The van der Waals surface area contributed by atoms with Gasteiger partial charge in [-0.05, 0) is 31.5 Å². The SMILES string of the molecule is Cc1sc(N)c(-c2nnc3ccccn23)c1C. The number of pyridine rings is 1. The van der Waals surface area contributed by atoms with Gasteiger partial charge in [0.2, 0.25) is 0 Å². The molecule has 86 valence electrons. The first-order valence-corrected chi connectivity index (χ1v) is 6.15. The van der Waals surface area contributed by atoms with Gasteiger partial charge in [-0.1, -0.05) is 6.07 Å². The van der Waals surface area contributed by atoms with Crippen LogP contribution in [0.1, 0.15) is 10.4 Å². The zero-order valence-corrected chi connectivity index (χ0v) is 10.5. The van der Waals surface area contributed by atoms with Crippen LogP contribution < -0.4 is 5.73 Å². The molecule has 0 amide bonds. The number of nitrogen functional groups attached to an aromatic ring is 1. The van der Waals surface area contributed by atoms with E-state index < -0.39 is 0 Å². The van der Waals surface area contributed by atoms with E-state index in [4.69, 9.17) is 5.73 Å². The first kappa shape index (κ1) is 10.3. The number of anilines is 1. The Labute approximate surface area is 103 Å². The fourth-order valence-electron chi connectivity index (χ4n) is 1.94. The molecule has 5 heteroatoms. The minimum atomic E-state index is 0.804. The quantitative estimate of drug-likeness (QED) is 0.716. The van der Waals surface area contributed by atoms with Crippen LogP contribution >= 0.6 is 11.3 Å². The van der Waals surface area contributed by atoms with Crippen molar-refractivity contribution >= 4 is 22.0 Å². The van der Waals surface area contributed by atoms with Gasteiger partial charge in [-0.25, -0.2) is 0 Å². The van der Waals surface area contributed by atoms with Gasteiger partial charge in [0.05, 0.1) is 10.6 Å². The van der Waals surface area contributed by atoms with E-state index in [2.05, 4.69) is 24.0 Å². The number of aryl methyl sites for hydroxylation is 1. The highest BCUT2D eigenvalue weighted by Crippen LogP contribution is 2.36. The second kappa shape index (κ2) is 3.56. The van der Waals surface area contributed by atoms with Crippen LogP contribution in [-0.4, -0.2) is 14.6 Å². The molecular formula is C12H12N4S. The molecule has 0 spiro atoms. The summed E-state index contributed by atoms with van der Waals surface area (Å²) in [7, 11) is 0. The van der Waals surface area contributed by atoms with E-state index in [0.29, 0.717) is 0 Å². The first-order valence-electron chi connectivity index (χ1n) is 5.34. The zero-order valence-electron chi connectivity index (χ0n) is 9.64. The first-order chi connectivity index (χ1) is 8.18. The second-order valence-electron chi connectivity index (χ2n) is 3.97. The van der Waals surface area contributed by atoms with Crippen molar-refractivity contribution in [2.24, 2.45) is 0 Å². The molecule has 3 heterocycles. The Morgan fingerprint density at radius 2 is 2.06 bits per heavy atom. The topological polar surface area (TPSA) is 56.2 Å². The van der Waals surface area contributed by atoms with Crippen molar-refractivity contribution in [2.45, 2.75) is 13.8 Å². The summed E-state index contributed by atoms with van der Waals surface area (Å²) in [6.45, 7) is 4.14. The van der Waals surface area contributed by atoms with E-state index in [-0.39, 0.29) is 0 Å². The van der Waals surface area contributed by atoms with Crippen LogP contribution in [0, 0.1) is 13.8 Å². The molecule has 0 saturated carbocycles. The molecule has 0 bridgehead atoms. The van der Waals surface area contributed by atoms with Crippen LogP contribution in [0.4, 0.5) is 5.00 Å². The maximum atomic E-state index is 6.06. The van der Waals surface area contributed by atoms with Crippen molar-refractivity contribution < 1.29 is 0 Å². The van der Waals surface area contributed by atoms with Crippen molar-refractivity contribution in [3.05, 3.63) is 34.8 Å². The van der Waals surface area contributed by atoms with Crippen molar-refractivity contribution in [1.82, 2.24) is 14.6 Å². The van der Waals surface area contributed by atoms with Crippen LogP contribution in [0.25, 0.3) is 17.0 Å². The third kappa shape index (κ3) is 1.43. The minimum Gasteiger partial charge on any atom is -0.390 e. The lowest BCUT2D eigenvalue weighted by atomic mass is 10.1. The molecule has 2 N–H and O–H groups in total. The lowest BCUT2D eigenvalue weighted by Crippen LogP contribution is -1.92. The molecule has 0 aliphatic heterocycles. The Morgan fingerprint density at radius 1 is 1.24 bits per heavy atom. The minimum absolute atomic E-state index is 0.804. The van der Waals surface area contributed by atoms with E-state index in [9.17, 15) is 0 Å². The number of hydrogen-bond donors (Lipinski definition) is 1. The second-order valence-corrected chi connectivity index (χ2v) is 5.23. The Balaban J connectivity index is 2.35. The highest BCUT2D eigenvalue weighted by molar-refractivity contribution is 7.16. The molecule has 0 aliphatic carbocycles. The monoisotopic (exact) mass is 244 g/mol. The van der Waals surface area contributed by atoms with Gasteiger partial charge in [0.25, 0.3) is 0 Å². The average Bonchev–Trinajstić information content (AvgIpc) is 2.82. The molecule has 0 unspecified atom stereocenters. The van der Waals surface area contributed by atoms with Gasteiger partial charge in [-0.2, -0.15) is 0 Å². The summed E-state index contributed by atoms with van der Waals surface area (Å²) in [5.74, 6) is 0.819. The molecule has 0 saturated heterocycles. The van der Waals surface area contributed by atoms with E-state index >= 15 is 0 Å². The van der Waals surface area contributed by atoms with Crippen molar-refractivity contribution in [3.63, 3.8) is 0 Å². The van der Waals surface area contributed by atoms with E-state index in [1.54, 1.807) is 11.3 Å². The summed E-state index contributed by atoms with van der Waals surface area (Å²) >= 11 is 1.60. The van der Waals surface area contributed by atoms with Gasteiger partial charge in [0.1, 0.15) is 0 Å². The van der Waals surface area contributed by atoms with Gasteiger partial charge < -0.3 is 5.73 Å². The van der Waals surface area contributed by atoms with Crippen LogP contribution in [0.3, 0.4) is 0 Å². The lowest BCUT2D eigenvalue weighted by molar-refractivity contribution is 1.11. The Morgan fingerprint density at radius 3 is 2.76 bits per heavy atom. The highest BCUT2D eigenvalue weighted by atomic mass is 32.1. The van der Waals surface area contributed by atoms with Crippen LogP contribution in [0.15, 0.2) is 24.4 Å². The maximum absolute atomic E-state index is 6.06. The fraction of sp³-hybridized carbons (Fsp3) is 0.167. The Kier molecular flexibility index (Phi) is 2.16. The number of rotatable bonds is 1. The molecule has 4 nitrogen and oxygen atoms in total. The third-order valence-electron chi connectivity index (χ3n) is 2.95. The van der Waals surface area contributed by atoms with Crippen molar-refractivity contribution in [2.75, 3.05) is 5.73 Å². The summed E-state index contributed by atoms with van der Waals surface area (Å²) < 4.78 is 1.96. The summed E-state index contributed by atoms with van der Waals surface area (Å²) in [5, 5.41) is 9.19. The smallest absolute Gasteiger partial charge is 0.171 e. The van der Waals surface area contributed by atoms with Gasteiger partial charge >= 0.3 is 0 Å². The van der Waals surface area contributed by atoms with Crippen molar-refractivity contribution in [1.29, 1.82) is 0 Å². The van der Waals surface area contributed by atoms with Crippen LogP contribution in [0.2, 0.25) is 0 Å². The van der Waals surface area contributed by atoms with E-state index in [1.165, 1.54) is 10.4 Å². The molecule has 0 aliphatic rings.